The van der Waals surface area contributed by atoms with Crippen molar-refractivity contribution in [2.75, 3.05) is 5.32 Å². The van der Waals surface area contributed by atoms with Crippen molar-refractivity contribution in [1.29, 1.82) is 0 Å². The van der Waals surface area contributed by atoms with Crippen LogP contribution in [-0.4, -0.2) is 16.4 Å². The summed E-state index contributed by atoms with van der Waals surface area (Å²) in [5, 5.41) is 12.9. The number of anilines is 1. The molecule has 0 atom stereocenters. The minimum atomic E-state index is -0.978. The van der Waals surface area contributed by atoms with E-state index in [1.165, 1.54) is 6.07 Å². The second-order valence-electron chi connectivity index (χ2n) is 4.86. The number of benzene rings is 1. The fraction of sp³-hybridized carbons (Fsp3) is 0.417. The van der Waals surface area contributed by atoms with E-state index in [0.717, 1.165) is 31.4 Å². The summed E-state index contributed by atoms with van der Waals surface area (Å²) >= 11 is 0. The molecule has 102 valence electrons. The van der Waals surface area contributed by atoms with E-state index in [0.29, 0.717) is 0 Å². The third-order valence-electron chi connectivity index (χ3n) is 3.29. The molecule has 19 heavy (non-hydrogen) atoms. The van der Waals surface area contributed by atoms with Crippen molar-refractivity contribution in [3.63, 3.8) is 0 Å². The maximum atomic E-state index is 13.3. The normalized spacial score (nSPS) is 16.5. The van der Waals surface area contributed by atoms with Crippen molar-refractivity contribution in [2.45, 2.75) is 31.2 Å². The Morgan fingerprint density at radius 1 is 1.53 bits per heavy atom. The molecule has 1 aromatic rings. The molecule has 1 fully saturated rings. The van der Waals surface area contributed by atoms with Gasteiger partial charge in [-0.2, -0.15) is 4.39 Å². The van der Waals surface area contributed by atoms with Gasteiger partial charge in [-0.3, -0.25) is 14.9 Å². The molecule has 0 radical (unpaired) electrons. The smallest absolute Gasteiger partial charge is 0.304 e. The molecule has 1 aromatic carbocycles. The van der Waals surface area contributed by atoms with Crippen LogP contribution >= 0.6 is 0 Å². The maximum Gasteiger partial charge on any atom is 0.304 e. The minimum Gasteiger partial charge on any atom is -0.326 e. The first-order valence-corrected chi connectivity index (χ1v) is 5.92. The first kappa shape index (κ1) is 13.4. The van der Waals surface area contributed by atoms with Gasteiger partial charge in [0.05, 0.1) is 4.92 Å². The van der Waals surface area contributed by atoms with E-state index in [9.17, 15) is 19.3 Å². The molecule has 0 heterocycles. The number of nitro groups is 1. The summed E-state index contributed by atoms with van der Waals surface area (Å²) in [6.07, 6.45) is 2.78. The summed E-state index contributed by atoms with van der Waals surface area (Å²) in [5.74, 6) is -1.29. The Bertz CT molecular complexity index is 529. The van der Waals surface area contributed by atoms with Gasteiger partial charge in [-0.15, -0.1) is 0 Å². The largest absolute Gasteiger partial charge is 0.326 e. The highest BCUT2D eigenvalue weighted by molar-refractivity contribution is 5.91. The van der Waals surface area contributed by atoms with Crippen LogP contribution < -0.4 is 11.1 Å². The Morgan fingerprint density at radius 3 is 2.68 bits per heavy atom. The minimum absolute atomic E-state index is 0.172. The number of nitro benzene ring substituents is 1. The van der Waals surface area contributed by atoms with E-state index in [1.54, 1.807) is 0 Å². The van der Waals surface area contributed by atoms with Crippen LogP contribution in [0.3, 0.4) is 0 Å². The molecule has 3 N–H and O–H groups in total. The molecule has 1 aliphatic rings. The Morgan fingerprint density at radius 2 is 2.21 bits per heavy atom. The van der Waals surface area contributed by atoms with Crippen LogP contribution in [0.2, 0.25) is 0 Å². The van der Waals surface area contributed by atoms with Gasteiger partial charge >= 0.3 is 5.69 Å². The lowest BCUT2D eigenvalue weighted by molar-refractivity contribution is -0.387. The van der Waals surface area contributed by atoms with Gasteiger partial charge in [0.15, 0.2) is 0 Å². The van der Waals surface area contributed by atoms with E-state index < -0.39 is 22.0 Å². The van der Waals surface area contributed by atoms with E-state index in [4.69, 9.17) is 5.73 Å². The molecule has 0 unspecified atom stereocenters. The molecule has 6 nitrogen and oxygen atoms in total. The van der Waals surface area contributed by atoms with Crippen molar-refractivity contribution in [3.05, 3.63) is 34.1 Å². The Hall–Kier alpha value is -2.02. The number of carbonyl (C=O) groups is 1. The van der Waals surface area contributed by atoms with Crippen molar-refractivity contribution in [1.82, 2.24) is 0 Å². The van der Waals surface area contributed by atoms with Crippen LogP contribution in [0.15, 0.2) is 18.2 Å². The van der Waals surface area contributed by atoms with Gasteiger partial charge in [0.25, 0.3) is 0 Å². The lowest BCUT2D eigenvalue weighted by Gasteiger charge is -2.37. The highest BCUT2D eigenvalue weighted by Gasteiger charge is 2.34. The van der Waals surface area contributed by atoms with E-state index in [2.05, 4.69) is 5.32 Å². The van der Waals surface area contributed by atoms with Gasteiger partial charge in [0.2, 0.25) is 11.7 Å². The predicted molar refractivity (Wildman–Crippen MR) is 67.1 cm³/mol. The van der Waals surface area contributed by atoms with E-state index in [-0.39, 0.29) is 18.0 Å². The van der Waals surface area contributed by atoms with Gasteiger partial charge in [-0.25, -0.2) is 0 Å². The highest BCUT2D eigenvalue weighted by atomic mass is 19.1. The van der Waals surface area contributed by atoms with Crippen LogP contribution in [0.1, 0.15) is 25.7 Å². The second kappa shape index (κ2) is 4.93. The van der Waals surface area contributed by atoms with Crippen molar-refractivity contribution in [2.24, 2.45) is 5.73 Å². The summed E-state index contributed by atoms with van der Waals surface area (Å²) in [6, 6.07) is 3.25. The number of rotatable bonds is 4. The molecule has 1 amide bonds. The average Bonchev–Trinajstić information content (AvgIpc) is 2.26. The zero-order valence-corrected chi connectivity index (χ0v) is 10.2. The van der Waals surface area contributed by atoms with Crippen LogP contribution in [0, 0.1) is 15.9 Å². The van der Waals surface area contributed by atoms with Gasteiger partial charge < -0.3 is 11.1 Å². The molecule has 0 spiro atoms. The third kappa shape index (κ3) is 3.05. The highest BCUT2D eigenvalue weighted by Crippen LogP contribution is 2.32. The molecular formula is C12H14FN3O3. The molecule has 2 rings (SSSR count). The topological polar surface area (TPSA) is 98.3 Å². The van der Waals surface area contributed by atoms with E-state index in [1.807, 2.05) is 0 Å². The number of hydrogen-bond acceptors (Lipinski definition) is 4. The van der Waals surface area contributed by atoms with Crippen molar-refractivity contribution >= 4 is 17.3 Å². The lowest BCUT2D eigenvalue weighted by atomic mass is 9.75. The number of carbonyl (C=O) groups excluding carboxylic acids is 1. The first-order chi connectivity index (χ1) is 8.89. The van der Waals surface area contributed by atoms with Gasteiger partial charge in [-0.05, 0) is 25.3 Å². The van der Waals surface area contributed by atoms with E-state index >= 15 is 0 Å². The molecule has 0 saturated heterocycles. The number of nitrogens with one attached hydrogen (secondary N) is 1. The number of halogens is 1. The number of hydrogen-bond donors (Lipinski definition) is 2. The third-order valence-corrected chi connectivity index (χ3v) is 3.29. The van der Waals surface area contributed by atoms with Gasteiger partial charge in [0.1, 0.15) is 0 Å². The lowest BCUT2D eigenvalue weighted by Crippen LogP contribution is -2.48. The quantitative estimate of drug-likeness (QED) is 0.643. The predicted octanol–water partition coefficient (Wildman–Crippen LogP) is 1.94. The van der Waals surface area contributed by atoms with Gasteiger partial charge in [-0.1, -0.05) is 0 Å². The van der Waals surface area contributed by atoms with Crippen molar-refractivity contribution in [3.8, 4) is 0 Å². The van der Waals surface area contributed by atoms with Crippen LogP contribution in [0.25, 0.3) is 0 Å². The Labute approximate surface area is 108 Å². The molecule has 1 saturated carbocycles. The Kier molecular flexibility index (Phi) is 3.48. The van der Waals surface area contributed by atoms with Crippen LogP contribution in [0.5, 0.6) is 0 Å². The zero-order valence-electron chi connectivity index (χ0n) is 10.2. The standard InChI is InChI=1S/C12H14FN3O3/c13-9-6-8(2-3-10(9)16(18)19)15-11(17)7-12(14)4-1-5-12/h2-3,6H,1,4-5,7,14H2,(H,15,17). The molecule has 1 aliphatic carbocycles. The molecule has 7 heteroatoms. The summed E-state index contributed by atoms with van der Waals surface area (Å²) in [5.41, 5.74) is 5.04. The fourth-order valence-corrected chi connectivity index (χ4v) is 2.07. The monoisotopic (exact) mass is 267 g/mol. The molecule has 0 bridgehead atoms. The number of nitrogens with two attached hydrogens (primary N) is 1. The first-order valence-electron chi connectivity index (χ1n) is 5.92. The summed E-state index contributed by atoms with van der Waals surface area (Å²) in [7, 11) is 0. The van der Waals surface area contributed by atoms with Crippen LogP contribution in [-0.2, 0) is 4.79 Å². The second-order valence-corrected chi connectivity index (χ2v) is 4.86. The van der Waals surface area contributed by atoms with Crippen molar-refractivity contribution < 1.29 is 14.1 Å². The molecular weight excluding hydrogens is 253 g/mol. The maximum absolute atomic E-state index is 13.3. The molecule has 0 aliphatic heterocycles. The number of nitrogens with zero attached hydrogens (tertiary/aromatic N) is 1. The fourth-order valence-electron chi connectivity index (χ4n) is 2.07. The summed E-state index contributed by atoms with van der Waals surface area (Å²) in [4.78, 5) is 21.3. The zero-order chi connectivity index (χ0) is 14.0. The Balaban J connectivity index is 2.01. The average molecular weight is 267 g/mol. The molecule has 0 aromatic heterocycles. The van der Waals surface area contributed by atoms with Gasteiger partial charge in [0, 0.05) is 29.8 Å². The SMILES string of the molecule is NC1(CC(=O)Nc2ccc([N+](=O)[O-])c(F)c2)CCC1. The summed E-state index contributed by atoms with van der Waals surface area (Å²) in [6.45, 7) is 0. The number of amides is 1. The summed E-state index contributed by atoms with van der Waals surface area (Å²) < 4.78 is 13.3. The van der Waals surface area contributed by atoms with Crippen LogP contribution in [0.4, 0.5) is 15.8 Å².